The number of pyridine rings is 2. The minimum atomic E-state index is -0.686. The molecular formula is C27H27N3O6. The smallest absolute Gasteiger partial charge is 0.267 e. The van der Waals surface area contributed by atoms with E-state index >= 15 is 0 Å². The Bertz CT molecular complexity index is 1640. The number of hydrogen-bond donors (Lipinski definition) is 1. The van der Waals surface area contributed by atoms with Gasteiger partial charge in [-0.3, -0.25) is 19.0 Å². The zero-order valence-corrected chi connectivity index (χ0v) is 20.6. The maximum atomic E-state index is 13.8. The molecule has 0 spiro atoms. The van der Waals surface area contributed by atoms with Crippen molar-refractivity contribution >= 4 is 44.0 Å². The number of nitrogens with zero attached hydrogens (tertiary/aromatic N) is 2. The Hall–Kier alpha value is -4.11. The van der Waals surface area contributed by atoms with Gasteiger partial charge in [0.05, 0.1) is 36.2 Å². The Morgan fingerprint density at radius 1 is 1.06 bits per heavy atom. The van der Waals surface area contributed by atoms with E-state index in [9.17, 15) is 9.59 Å². The second kappa shape index (κ2) is 9.50. The van der Waals surface area contributed by atoms with Crippen LogP contribution in [-0.2, 0) is 9.53 Å². The molecule has 186 valence electrons. The fourth-order valence-electron chi connectivity index (χ4n) is 4.70. The molecular weight excluding hydrogens is 462 g/mol. The summed E-state index contributed by atoms with van der Waals surface area (Å²) in [6, 6.07) is 10.9. The summed E-state index contributed by atoms with van der Waals surface area (Å²) in [6.07, 6.45) is 1.76. The van der Waals surface area contributed by atoms with E-state index in [2.05, 4.69) is 10.3 Å². The highest BCUT2D eigenvalue weighted by Crippen LogP contribution is 2.39. The summed E-state index contributed by atoms with van der Waals surface area (Å²) in [5.41, 5.74) is 1.89. The lowest BCUT2D eigenvalue weighted by atomic mass is 10.1. The quantitative estimate of drug-likeness (QED) is 0.250. The van der Waals surface area contributed by atoms with Crippen molar-refractivity contribution in [2.24, 2.45) is 0 Å². The predicted molar refractivity (Wildman–Crippen MR) is 138 cm³/mol. The number of carbonyl (C=O) groups is 1. The van der Waals surface area contributed by atoms with Gasteiger partial charge in [-0.05, 0) is 49.7 Å². The number of benzene rings is 2. The standard InChI is InChI=1S/C27H27N3O6/c1-15(26(31)29-11-5-13-33-2)36-16-6-8-20-19(14-16)17-10-12-28-23-18-7-9-21(34-3)25(35-4)22(18)27(32)30(20)24(17)23/h6-10,12,14-15H,5,11,13H2,1-4H3,(H,29,31)/t15-/m1/s1. The molecule has 9 heteroatoms. The predicted octanol–water partition coefficient (Wildman–Crippen LogP) is 3.53. The van der Waals surface area contributed by atoms with Crippen LogP contribution in [0.15, 0.2) is 47.4 Å². The number of aromatic nitrogens is 2. The minimum Gasteiger partial charge on any atom is -0.493 e. The molecule has 0 aliphatic rings. The van der Waals surface area contributed by atoms with Gasteiger partial charge in [-0.2, -0.15) is 0 Å². The van der Waals surface area contributed by atoms with Crippen LogP contribution in [0.2, 0.25) is 0 Å². The van der Waals surface area contributed by atoms with Crippen molar-refractivity contribution in [1.82, 2.24) is 14.7 Å². The first kappa shape index (κ1) is 23.6. The molecule has 1 amide bonds. The van der Waals surface area contributed by atoms with Gasteiger partial charge < -0.3 is 24.3 Å². The van der Waals surface area contributed by atoms with Crippen LogP contribution in [0.3, 0.4) is 0 Å². The van der Waals surface area contributed by atoms with Gasteiger partial charge in [0.2, 0.25) is 0 Å². The molecule has 5 aromatic rings. The molecule has 0 radical (unpaired) electrons. The third kappa shape index (κ3) is 3.72. The lowest BCUT2D eigenvalue weighted by Gasteiger charge is -2.15. The van der Waals surface area contributed by atoms with Gasteiger partial charge in [0.25, 0.3) is 11.5 Å². The first-order valence-corrected chi connectivity index (χ1v) is 11.7. The highest BCUT2D eigenvalue weighted by Gasteiger charge is 2.22. The van der Waals surface area contributed by atoms with E-state index in [-0.39, 0.29) is 11.5 Å². The van der Waals surface area contributed by atoms with E-state index in [0.717, 1.165) is 22.7 Å². The van der Waals surface area contributed by atoms with Crippen molar-refractivity contribution in [1.29, 1.82) is 0 Å². The van der Waals surface area contributed by atoms with E-state index in [1.165, 1.54) is 14.2 Å². The molecule has 3 aromatic heterocycles. The van der Waals surface area contributed by atoms with Crippen LogP contribution >= 0.6 is 0 Å². The van der Waals surface area contributed by atoms with Gasteiger partial charge in [0.15, 0.2) is 17.6 Å². The number of hydrogen-bond acceptors (Lipinski definition) is 7. The summed E-state index contributed by atoms with van der Waals surface area (Å²) in [5.74, 6) is 1.17. The second-order valence-corrected chi connectivity index (χ2v) is 8.50. The molecule has 1 N–H and O–H groups in total. The Labute approximate surface area is 206 Å². The molecule has 5 rings (SSSR count). The Kier molecular flexibility index (Phi) is 6.24. The largest absolute Gasteiger partial charge is 0.493 e. The SMILES string of the molecule is COCCCNC(=O)[C@@H](C)Oc1ccc2c(c1)c1ccnc3c4ccc(OC)c(OC)c4c(=O)n2c13. The van der Waals surface area contributed by atoms with Gasteiger partial charge in [-0.15, -0.1) is 0 Å². The lowest BCUT2D eigenvalue weighted by molar-refractivity contribution is -0.127. The van der Waals surface area contributed by atoms with E-state index in [1.54, 1.807) is 36.8 Å². The van der Waals surface area contributed by atoms with Crippen molar-refractivity contribution in [3.63, 3.8) is 0 Å². The molecule has 0 aliphatic heterocycles. The molecule has 1 atom stereocenters. The average molecular weight is 490 g/mol. The normalized spacial score (nSPS) is 12.4. The fraction of sp³-hybridized carbons (Fsp3) is 0.296. The molecule has 3 heterocycles. The number of nitrogens with one attached hydrogen (secondary N) is 1. The first-order chi connectivity index (χ1) is 17.5. The van der Waals surface area contributed by atoms with E-state index in [0.29, 0.717) is 52.2 Å². The van der Waals surface area contributed by atoms with E-state index in [1.807, 2.05) is 24.3 Å². The van der Waals surface area contributed by atoms with Gasteiger partial charge in [-0.1, -0.05) is 0 Å². The van der Waals surface area contributed by atoms with Crippen molar-refractivity contribution in [3.05, 3.63) is 52.9 Å². The Morgan fingerprint density at radius 2 is 1.89 bits per heavy atom. The highest BCUT2D eigenvalue weighted by molar-refractivity contribution is 6.19. The van der Waals surface area contributed by atoms with Gasteiger partial charge in [-0.25, -0.2) is 0 Å². The van der Waals surface area contributed by atoms with Crippen molar-refractivity contribution in [2.45, 2.75) is 19.4 Å². The third-order valence-corrected chi connectivity index (χ3v) is 6.37. The molecule has 9 nitrogen and oxygen atoms in total. The van der Waals surface area contributed by atoms with Gasteiger partial charge in [0.1, 0.15) is 5.75 Å². The van der Waals surface area contributed by atoms with Crippen molar-refractivity contribution in [3.8, 4) is 17.2 Å². The summed E-state index contributed by atoms with van der Waals surface area (Å²) < 4.78 is 23.6. The van der Waals surface area contributed by atoms with Gasteiger partial charge in [0, 0.05) is 42.6 Å². The van der Waals surface area contributed by atoms with Gasteiger partial charge >= 0.3 is 0 Å². The molecule has 2 aromatic carbocycles. The molecule has 0 fully saturated rings. The van der Waals surface area contributed by atoms with Crippen molar-refractivity contribution < 1.29 is 23.7 Å². The molecule has 36 heavy (non-hydrogen) atoms. The lowest BCUT2D eigenvalue weighted by Crippen LogP contribution is -2.37. The summed E-state index contributed by atoms with van der Waals surface area (Å²) in [7, 11) is 4.68. The average Bonchev–Trinajstić information content (AvgIpc) is 3.23. The topological polar surface area (TPSA) is 100 Å². The maximum absolute atomic E-state index is 13.8. The van der Waals surface area contributed by atoms with Crippen LogP contribution in [-0.4, -0.2) is 55.9 Å². The monoisotopic (exact) mass is 489 g/mol. The van der Waals surface area contributed by atoms with Crippen LogP contribution in [0, 0.1) is 0 Å². The Morgan fingerprint density at radius 3 is 2.64 bits per heavy atom. The molecule has 0 aliphatic carbocycles. The van der Waals surface area contributed by atoms with Crippen LogP contribution < -0.4 is 25.1 Å². The van der Waals surface area contributed by atoms with Crippen LogP contribution in [0.25, 0.3) is 38.1 Å². The van der Waals surface area contributed by atoms with Crippen molar-refractivity contribution in [2.75, 3.05) is 34.5 Å². The number of methoxy groups -OCH3 is 3. The van der Waals surface area contributed by atoms with Crippen LogP contribution in [0.5, 0.6) is 17.2 Å². The summed E-state index contributed by atoms with van der Waals surface area (Å²) >= 11 is 0. The van der Waals surface area contributed by atoms with Crippen LogP contribution in [0.1, 0.15) is 13.3 Å². The molecule has 0 unspecified atom stereocenters. The number of amides is 1. The first-order valence-electron chi connectivity index (χ1n) is 11.7. The minimum absolute atomic E-state index is 0.204. The zero-order chi connectivity index (χ0) is 25.4. The summed E-state index contributed by atoms with van der Waals surface area (Å²) in [5, 5.41) is 5.63. The number of ether oxygens (including phenoxy) is 4. The third-order valence-electron chi connectivity index (χ3n) is 6.37. The molecule has 0 bridgehead atoms. The number of rotatable bonds is 9. The summed E-state index contributed by atoms with van der Waals surface area (Å²) in [6.45, 7) is 2.79. The van der Waals surface area contributed by atoms with E-state index in [4.69, 9.17) is 18.9 Å². The Balaban J connectivity index is 1.63. The highest BCUT2D eigenvalue weighted by atomic mass is 16.5. The second-order valence-electron chi connectivity index (χ2n) is 8.50. The maximum Gasteiger partial charge on any atom is 0.267 e. The zero-order valence-electron chi connectivity index (χ0n) is 20.6. The molecule has 0 saturated carbocycles. The van der Waals surface area contributed by atoms with E-state index < -0.39 is 6.10 Å². The number of fused-ring (bicyclic) bond motifs is 5. The molecule has 0 saturated heterocycles. The fourth-order valence-corrected chi connectivity index (χ4v) is 4.70. The number of carbonyl (C=O) groups excluding carboxylic acids is 1. The summed E-state index contributed by atoms with van der Waals surface area (Å²) in [4.78, 5) is 30.9. The van der Waals surface area contributed by atoms with Crippen LogP contribution in [0.4, 0.5) is 0 Å².